The van der Waals surface area contributed by atoms with Crippen LogP contribution < -0.4 is 0 Å². The minimum absolute atomic E-state index is 0.205. The fraction of sp³-hybridized carbons (Fsp3) is 0.292. The van der Waals surface area contributed by atoms with Crippen LogP contribution in [-0.4, -0.2) is 39.1 Å². The fourth-order valence-corrected chi connectivity index (χ4v) is 3.99. The maximum atomic E-state index is 13.6. The molecule has 3 aromatic rings. The number of hydroxylamine groups is 2. The zero-order valence-electron chi connectivity index (χ0n) is 17.5. The van der Waals surface area contributed by atoms with Crippen molar-refractivity contribution < 1.29 is 19.2 Å². The lowest BCUT2D eigenvalue weighted by Gasteiger charge is -2.25. The number of hydrogen-bond donors (Lipinski definition) is 0. The molecule has 0 radical (unpaired) electrons. The molecule has 0 bridgehead atoms. The lowest BCUT2D eigenvalue weighted by Crippen LogP contribution is -2.36. The Kier molecular flexibility index (Phi) is 6.25. The van der Waals surface area contributed by atoms with E-state index in [9.17, 15) is 9.59 Å². The molecule has 4 rings (SSSR count). The van der Waals surface area contributed by atoms with Gasteiger partial charge in [0.25, 0.3) is 0 Å². The number of aromatic nitrogens is 2. The van der Waals surface area contributed by atoms with Crippen LogP contribution >= 0.6 is 0 Å². The Morgan fingerprint density at radius 3 is 2.35 bits per heavy atom. The van der Waals surface area contributed by atoms with E-state index in [1.807, 2.05) is 60.7 Å². The molecule has 1 aliphatic rings. The van der Waals surface area contributed by atoms with E-state index in [4.69, 9.17) is 9.57 Å². The molecule has 31 heavy (non-hydrogen) atoms. The van der Waals surface area contributed by atoms with Crippen molar-refractivity contribution in [2.75, 3.05) is 6.61 Å². The number of carbonyl (C=O) groups excluding carboxylic acids is 2. The molecule has 3 atom stereocenters. The van der Waals surface area contributed by atoms with E-state index in [-0.39, 0.29) is 18.2 Å². The monoisotopic (exact) mass is 419 g/mol. The highest BCUT2D eigenvalue weighted by atomic mass is 16.7. The molecular formula is C24H25N3O4. The van der Waals surface area contributed by atoms with Gasteiger partial charge in [-0.3, -0.25) is 9.63 Å². The van der Waals surface area contributed by atoms with Crippen LogP contribution in [0.1, 0.15) is 34.7 Å². The van der Waals surface area contributed by atoms with Crippen LogP contribution in [0.25, 0.3) is 0 Å². The Bertz CT molecular complexity index is 1040. The maximum Gasteiger partial charge on any atom is 0.338 e. The normalized spacial score (nSPS) is 21.2. The van der Waals surface area contributed by atoms with Gasteiger partial charge in [-0.05, 0) is 18.1 Å². The van der Waals surface area contributed by atoms with Crippen molar-refractivity contribution in [1.29, 1.82) is 0 Å². The second kappa shape index (κ2) is 9.24. The number of aryl methyl sites for hydroxylation is 1. The summed E-state index contributed by atoms with van der Waals surface area (Å²) >= 11 is 0. The van der Waals surface area contributed by atoms with Crippen molar-refractivity contribution in [3.8, 4) is 0 Å². The summed E-state index contributed by atoms with van der Waals surface area (Å²) < 4.78 is 6.93. The van der Waals surface area contributed by atoms with Gasteiger partial charge in [0.15, 0.2) is 11.9 Å². The third kappa shape index (κ3) is 4.28. The average molecular weight is 419 g/mol. The van der Waals surface area contributed by atoms with Gasteiger partial charge >= 0.3 is 5.97 Å². The Morgan fingerprint density at radius 1 is 1.06 bits per heavy atom. The highest BCUT2D eigenvalue weighted by Crippen LogP contribution is 2.42. The summed E-state index contributed by atoms with van der Waals surface area (Å²) in [5.74, 6) is -1.32. The number of nitrogens with zero attached hydrogens (tertiary/aromatic N) is 3. The first kappa shape index (κ1) is 21.0. The first-order chi connectivity index (χ1) is 15.1. The lowest BCUT2D eigenvalue weighted by atomic mass is 9.85. The molecule has 160 valence electrons. The predicted octanol–water partition coefficient (Wildman–Crippen LogP) is 3.34. The van der Waals surface area contributed by atoms with Gasteiger partial charge in [0.1, 0.15) is 0 Å². The van der Waals surface area contributed by atoms with Crippen molar-refractivity contribution in [2.24, 2.45) is 13.0 Å². The maximum absolute atomic E-state index is 13.6. The predicted molar refractivity (Wildman–Crippen MR) is 114 cm³/mol. The number of esters is 1. The summed E-state index contributed by atoms with van der Waals surface area (Å²) in [6.45, 7) is 2.36. The minimum atomic E-state index is -1.06. The molecule has 1 fully saturated rings. The Balaban J connectivity index is 1.78. The van der Waals surface area contributed by atoms with Crippen LogP contribution in [0.5, 0.6) is 0 Å². The standard InChI is InChI=1S/C24H25N3O4/c1-3-30-24(29)22-19(21(28)23-25-14-15-26(23)2)20(18-12-8-5-9-13-18)27(31-22)16-17-10-6-4-7-11-17/h4-15,19-20,22H,3,16H2,1-2H3/t19-,20+,22+/m1/s1. The van der Waals surface area contributed by atoms with Crippen LogP contribution in [0.4, 0.5) is 0 Å². The van der Waals surface area contributed by atoms with Gasteiger partial charge in [-0.1, -0.05) is 60.7 Å². The largest absolute Gasteiger partial charge is 0.464 e. The molecule has 1 aromatic heterocycles. The smallest absolute Gasteiger partial charge is 0.338 e. The molecule has 7 nitrogen and oxygen atoms in total. The first-order valence-electron chi connectivity index (χ1n) is 10.3. The quantitative estimate of drug-likeness (QED) is 0.432. The molecule has 0 N–H and O–H groups in total. The number of rotatable bonds is 7. The number of carbonyl (C=O) groups is 2. The Morgan fingerprint density at radius 2 is 1.74 bits per heavy atom. The van der Waals surface area contributed by atoms with Gasteiger partial charge in [0, 0.05) is 26.0 Å². The number of ketones is 1. The Hall–Kier alpha value is -3.29. The summed E-state index contributed by atoms with van der Waals surface area (Å²) in [7, 11) is 1.76. The molecule has 0 amide bonds. The fourth-order valence-electron chi connectivity index (χ4n) is 3.99. The van der Waals surface area contributed by atoms with Crippen molar-refractivity contribution in [3.63, 3.8) is 0 Å². The van der Waals surface area contributed by atoms with E-state index < -0.39 is 24.0 Å². The van der Waals surface area contributed by atoms with Gasteiger partial charge in [-0.25, -0.2) is 9.78 Å². The Labute approximate surface area is 181 Å². The van der Waals surface area contributed by atoms with Crippen LogP contribution in [0.15, 0.2) is 73.1 Å². The molecule has 0 saturated carbocycles. The third-order valence-electron chi connectivity index (χ3n) is 5.41. The average Bonchev–Trinajstić information content (AvgIpc) is 3.38. The van der Waals surface area contributed by atoms with E-state index in [0.29, 0.717) is 6.54 Å². The van der Waals surface area contributed by atoms with Crippen molar-refractivity contribution in [2.45, 2.75) is 25.6 Å². The first-order valence-corrected chi connectivity index (χ1v) is 10.3. The van der Waals surface area contributed by atoms with Gasteiger partial charge in [-0.2, -0.15) is 5.06 Å². The zero-order valence-corrected chi connectivity index (χ0v) is 17.5. The van der Waals surface area contributed by atoms with Crippen molar-refractivity contribution in [3.05, 3.63) is 90.0 Å². The summed E-state index contributed by atoms with van der Waals surface area (Å²) in [6.07, 6.45) is 2.22. The zero-order chi connectivity index (χ0) is 21.8. The summed E-state index contributed by atoms with van der Waals surface area (Å²) in [5, 5.41) is 1.72. The van der Waals surface area contributed by atoms with E-state index in [2.05, 4.69) is 4.98 Å². The van der Waals surface area contributed by atoms with E-state index in [0.717, 1.165) is 11.1 Å². The summed E-state index contributed by atoms with van der Waals surface area (Å²) in [6, 6.07) is 19.0. The SMILES string of the molecule is CCOC(=O)[C@H]1ON(Cc2ccccc2)[C@@H](c2ccccc2)[C@@H]1C(=O)c1nccn1C. The van der Waals surface area contributed by atoms with Crippen LogP contribution in [0.3, 0.4) is 0 Å². The van der Waals surface area contributed by atoms with Gasteiger partial charge < -0.3 is 9.30 Å². The van der Waals surface area contributed by atoms with Crippen LogP contribution in [0, 0.1) is 5.92 Å². The second-order valence-electron chi connectivity index (χ2n) is 7.45. The van der Waals surface area contributed by atoms with E-state index in [1.54, 1.807) is 36.0 Å². The molecule has 0 aliphatic carbocycles. The number of benzene rings is 2. The molecule has 2 heterocycles. The molecule has 2 aromatic carbocycles. The molecule has 1 saturated heterocycles. The molecule has 7 heteroatoms. The van der Waals surface area contributed by atoms with Gasteiger partial charge in [-0.15, -0.1) is 0 Å². The molecule has 0 spiro atoms. The second-order valence-corrected chi connectivity index (χ2v) is 7.45. The number of ether oxygens (including phenoxy) is 1. The van der Waals surface area contributed by atoms with Crippen LogP contribution in [0.2, 0.25) is 0 Å². The minimum Gasteiger partial charge on any atom is -0.464 e. The molecule has 0 unspecified atom stereocenters. The van der Waals surface area contributed by atoms with E-state index >= 15 is 0 Å². The number of Topliss-reactive ketones (excluding diaryl/α,β-unsaturated/α-hetero) is 1. The lowest BCUT2D eigenvalue weighted by molar-refractivity contribution is -0.193. The third-order valence-corrected chi connectivity index (χ3v) is 5.41. The van der Waals surface area contributed by atoms with Crippen LogP contribution in [-0.2, 0) is 28.0 Å². The molecule has 1 aliphatic heterocycles. The topological polar surface area (TPSA) is 73.7 Å². The van der Waals surface area contributed by atoms with Gasteiger partial charge in [0.2, 0.25) is 5.78 Å². The summed E-state index contributed by atoms with van der Waals surface area (Å²) in [5.41, 5.74) is 1.90. The van der Waals surface area contributed by atoms with E-state index in [1.165, 1.54) is 0 Å². The van der Waals surface area contributed by atoms with Crippen molar-refractivity contribution in [1.82, 2.24) is 14.6 Å². The molecular weight excluding hydrogens is 394 g/mol. The number of hydrogen-bond acceptors (Lipinski definition) is 6. The summed E-state index contributed by atoms with van der Waals surface area (Å²) in [4.78, 5) is 36.8. The van der Waals surface area contributed by atoms with Crippen molar-refractivity contribution >= 4 is 11.8 Å². The van der Waals surface area contributed by atoms with Gasteiger partial charge in [0.05, 0.1) is 18.6 Å². The number of imidazole rings is 1. The highest BCUT2D eigenvalue weighted by Gasteiger charge is 2.52. The highest BCUT2D eigenvalue weighted by molar-refractivity contribution is 5.99.